The molecule has 0 atom stereocenters. The molecule has 0 radical (unpaired) electrons. The van der Waals surface area contributed by atoms with E-state index >= 15 is 0 Å². The Morgan fingerprint density at radius 3 is 2.92 bits per heavy atom. The van der Waals surface area contributed by atoms with E-state index in [2.05, 4.69) is 5.32 Å². The van der Waals surface area contributed by atoms with Crippen LogP contribution >= 0.6 is 0 Å². The lowest BCUT2D eigenvalue weighted by Gasteiger charge is -2.02. The van der Waals surface area contributed by atoms with E-state index in [0.717, 1.165) is 11.5 Å². The predicted octanol–water partition coefficient (Wildman–Crippen LogP) is 1.86. The van der Waals surface area contributed by atoms with Crippen molar-refractivity contribution >= 4 is 5.78 Å². The summed E-state index contributed by atoms with van der Waals surface area (Å²) >= 11 is 0. The molecule has 0 saturated heterocycles. The van der Waals surface area contributed by atoms with Crippen LogP contribution in [0.1, 0.15) is 19.6 Å². The van der Waals surface area contributed by atoms with Gasteiger partial charge < -0.3 is 9.73 Å². The van der Waals surface area contributed by atoms with E-state index in [-0.39, 0.29) is 5.78 Å². The van der Waals surface area contributed by atoms with Gasteiger partial charge in [0.2, 0.25) is 0 Å². The Morgan fingerprint density at radius 1 is 1.62 bits per heavy atom. The molecule has 13 heavy (non-hydrogen) atoms. The lowest BCUT2D eigenvalue weighted by Crippen LogP contribution is -2.10. The third-order valence-electron chi connectivity index (χ3n) is 1.54. The zero-order valence-corrected chi connectivity index (χ0v) is 7.83. The van der Waals surface area contributed by atoms with Crippen LogP contribution in [0.2, 0.25) is 0 Å². The highest BCUT2D eigenvalue weighted by molar-refractivity contribution is 5.87. The molecule has 1 aromatic rings. The van der Waals surface area contributed by atoms with Crippen LogP contribution in [0.5, 0.6) is 0 Å². The zero-order chi connectivity index (χ0) is 9.68. The Labute approximate surface area is 77.4 Å². The topological polar surface area (TPSA) is 42.2 Å². The molecule has 0 saturated carbocycles. The van der Waals surface area contributed by atoms with Crippen molar-refractivity contribution in [1.29, 1.82) is 0 Å². The number of hydrogen-bond acceptors (Lipinski definition) is 3. The Bertz CT molecular complexity index is 299. The first kappa shape index (κ1) is 9.58. The summed E-state index contributed by atoms with van der Waals surface area (Å²) in [6.07, 6.45) is 3.18. The number of carbonyl (C=O) groups is 1. The van der Waals surface area contributed by atoms with Crippen LogP contribution in [0, 0.1) is 0 Å². The van der Waals surface area contributed by atoms with Crippen LogP contribution in [0.25, 0.3) is 0 Å². The molecule has 0 aliphatic rings. The van der Waals surface area contributed by atoms with Gasteiger partial charge in [0.25, 0.3) is 0 Å². The smallest absolute Gasteiger partial charge is 0.154 e. The molecule has 0 unspecified atom stereocenters. The SMILES string of the molecule is CC(=O)/C=C(\C)NCc1ccco1. The molecule has 0 aromatic carbocycles. The number of carbonyl (C=O) groups excluding carboxylic acids is 1. The average molecular weight is 179 g/mol. The van der Waals surface area contributed by atoms with Crippen molar-refractivity contribution in [2.24, 2.45) is 0 Å². The minimum absolute atomic E-state index is 0.0458. The summed E-state index contributed by atoms with van der Waals surface area (Å²) in [7, 11) is 0. The molecular formula is C10H13NO2. The maximum Gasteiger partial charge on any atom is 0.154 e. The van der Waals surface area contributed by atoms with Crippen molar-refractivity contribution in [3.63, 3.8) is 0 Å². The van der Waals surface area contributed by atoms with Gasteiger partial charge >= 0.3 is 0 Å². The van der Waals surface area contributed by atoms with Gasteiger partial charge in [0.1, 0.15) is 5.76 Å². The van der Waals surface area contributed by atoms with Gasteiger partial charge in [-0.15, -0.1) is 0 Å². The van der Waals surface area contributed by atoms with E-state index in [9.17, 15) is 4.79 Å². The number of hydrogen-bond donors (Lipinski definition) is 1. The van der Waals surface area contributed by atoms with Crippen molar-refractivity contribution in [3.8, 4) is 0 Å². The van der Waals surface area contributed by atoms with E-state index in [4.69, 9.17) is 4.42 Å². The fraction of sp³-hybridized carbons (Fsp3) is 0.300. The van der Waals surface area contributed by atoms with Crippen LogP contribution in [-0.4, -0.2) is 5.78 Å². The van der Waals surface area contributed by atoms with Crippen molar-refractivity contribution in [2.45, 2.75) is 20.4 Å². The summed E-state index contributed by atoms with van der Waals surface area (Å²) in [5.74, 6) is 0.903. The summed E-state index contributed by atoms with van der Waals surface area (Å²) in [5, 5.41) is 3.06. The van der Waals surface area contributed by atoms with Crippen LogP contribution in [0.3, 0.4) is 0 Å². The highest BCUT2D eigenvalue weighted by Crippen LogP contribution is 2.00. The molecule has 0 aliphatic heterocycles. The first-order valence-electron chi connectivity index (χ1n) is 4.13. The average Bonchev–Trinajstić information content (AvgIpc) is 2.51. The molecular weight excluding hydrogens is 166 g/mol. The van der Waals surface area contributed by atoms with Gasteiger partial charge in [0.15, 0.2) is 5.78 Å². The lowest BCUT2D eigenvalue weighted by molar-refractivity contribution is -0.112. The molecule has 3 nitrogen and oxygen atoms in total. The molecule has 1 aromatic heterocycles. The van der Waals surface area contributed by atoms with E-state index in [1.165, 1.54) is 6.92 Å². The Balaban J connectivity index is 2.39. The first-order chi connectivity index (χ1) is 6.18. The maximum absolute atomic E-state index is 10.7. The third kappa shape index (κ3) is 3.60. The standard InChI is InChI=1S/C10H13NO2/c1-8(6-9(2)12)11-7-10-4-3-5-13-10/h3-6,11H,7H2,1-2H3/b8-6+. The first-order valence-corrected chi connectivity index (χ1v) is 4.13. The van der Waals surface area contributed by atoms with E-state index < -0.39 is 0 Å². The zero-order valence-electron chi connectivity index (χ0n) is 7.83. The van der Waals surface area contributed by atoms with Gasteiger partial charge in [0.05, 0.1) is 12.8 Å². The summed E-state index contributed by atoms with van der Waals surface area (Å²) in [6.45, 7) is 3.99. The highest BCUT2D eigenvalue weighted by Gasteiger charge is 1.95. The molecule has 0 fully saturated rings. The third-order valence-corrected chi connectivity index (χ3v) is 1.54. The molecule has 0 spiro atoms. The van der Waals surface area contributed by atoms with Crippen molar-refractivity contribution in [1.82, 2.24) is 5.32 Å². The molecule has 1 heterocycles. The number of allylic oxidation sites excluding steroid dienone is 2. The van der Waals surface area contributed by atoms with Crippen LogP contribution < -0.4 is 5.32 Å². The molecule has 0 amide bonds. The summed E-state index contributed by atoms with van der Waals surface area (Å²) in [6, 6.07) is 3.72. The Morgan fingerprint density at radius 2 is 2.38 bits per heavy atom. The van der Waals surface area contributed by atoms with E-state index in [1.807, 2.05) is 19.1 Å². The second kappa shape index (κ2) is 4.50. The van der Waals surface area contributed by atoms with Crippen LogP contribution in [0.15, 0.2) is 34.6 Å². The maximum atomic E-state index is 10.7. The highest BCUT2D eigenvalue weighted by atomic mass is 16.3. The summed E-state index contributed by atoms with van der Waals surface area (Å²) in [4.78, 5) is 10.7. The van der Waals surface area contributed by atoms with Gasteiger partial charge in [-0.1, -0.05) is 0 Å². The number of rotatable bonds is 4. The van der Waals surface area contributed by atoms with Crippen molar-refractivity contribution in [2.75, 3.05) is 0 Å². The van der Waals surface area contributed by atoms with Gasteiger partial charge in [-0.25, -0.2) is 0 Å². The van der Waals surface area contributed by atoms with Gasteiger partial charge in [-0.05, 0) is 32.1 Å². The second-order valence-corrected chi connectivity index (χ2v) is 2.87. The molecule has 70 valence electrons. The quantitative estimate of drug-likeness (QED) is 0.717. The summed E-state index contributed by atoms with van der Waals surface area (Å²) in [5.41, 5.74) is 0.851. The normalized spacial score (nSPS) is 11.4. The van der Waals surface area contributed by atoms with Crippen molar-refractivity contribution in [3.05, 3.63) is 35.9 Å². The van der Waals surface area contributed by atoms with Crippen LogP contribution in [0.4, 0.5) is 0 Å². The predicted molar refractivity (Wildman–Crippen MR) is 50.0 cm³/mol. The minimum atomic E-state index is 0.0458. The number of ketones is 1. The molecule has 0 aliphatic carbocycles. The van der Waals surface area contributed by atoms with E-state index in [0.29, 0.717) is 6.54 Å². The van der Waals surface area contributed by atoms with Gasteiger partial charge in [0, 0.05) is 5.70 Å². The number of nitrogens with one attached hydrogen (secondary N) is 1. The fourth-order valence-electron chi connectivity index (χ4n) is 0.996. The fourth-order valence-corrected chi connectivity index (χ4v) is 0.996. The Kier molecular flexibility index (Phi) is 3.31. The second-order valence-electron chi connectivity index (χ2n) is 2.87. The van der Waals surface area contributed by atoms with E-state index in [1.54, 1.807) is 12.3 Å². The van der Waals surface area contributed by atoms with Crippen LogP contribution in [-0.2, 0) is 11.3 Å². The van der Waals surface area contributed by atoms with Gasteiger partial charge in [-0.2, -0.15) is 0 Å². The lowest BCUT2D eigenvalue weighted by atomic mass is 10.3. The molecule has 3 heteroatoms. The molecule has 0 bridgehead atoms. The Hall–Kier alpha value is -1.51. The number of furan rings is 1. The van der Waals surface area contributed by atoms with Gasteiger partial charge in [-0.3, -0.25) is 4.79 Å². The van der Waals surface area contributed by atoms with Crippen molar-refractivity contribution < 1.29 is 9.21 Å². The monoisotopic (exact) mass is 179 g/mol. The molecule has 1 N–H and O–H groups in total. The molecule has 1 rings (SSSR count). The minimum Gasteiger partial charge on any atom is -0.467 e. The summed E-state index contributed by atoms with van der Waals surface area (Å²) < 4.78 is 5.11. The largest absolute Gasteiger partial charge is 0.467 e.